The molecule has 0 N–H and O–H groups in total. The van der Waals surface area contributed by atoms with Crippen molar-refractivity contribution in [2.24, 2.45) is 0 Å². The van der Waals surface area contributed by atoms with Gasteiger partial charge in [0, 0.05) is 22.8 Å². The van der Waals surface area contributed by atoms with E-state index in [4.69, 9.17) is 11.6 Å². The van der Waals surface area contributed by atoms with Gasteiger partial charge in [0.15, 0.2) is 0 Å². The lowest BCUT2D eigenvalue weighted by atomic mass is 10.1. The van der Waals surface area contributed by atoms with E-state index < -0.39 is 6.43 Å². The van der Waals surface area contributed by atoms with Gasteiger partial charge in [-0.2, -0.15) is 0 Å². The zero-order chi connectivity index (χ0) is 10.0. The smallest absolute Gasteiger partial charge is 0.258 e. The van der Waals surface area contributed by atoms with Crippen LogP contribution in [0.4, 0.5) is 8.78 Å². The van der Waals surface area contributed by atoms with E-state index in [1.807, 2.05) is 0 Å². The summed E-state index contributed by atoms with van der Waals surface area (Å²) >= 11 is 5.56. The first-order valence-electron chi connectivity index (χ1n) is 3.87. The Morgan fingerprint density at radius 2 is 2.08 bits per heavy atom. The minimum absolute atomic E-state index is 0.000000000000000444. The molecule has 0 radical (unpaired) electrons. The summed E-state index contributed by atoms with van der Waals surface area (Å²) in [6.45, 7) is 3.38. The van der Waals surface area contributed by atoms with Gasteiger partial charge >= 0.3 is 0 Å². The van der Waals surface area contributed by atoms with Gasteiger partial charge in [0.25, 0.3) is 6.43 Å². The fourth-order valence-electron chi connectivity index (χ4n) is 1.25. The second-order valence-corrected chi connectivity index (χ2v) is 3.12. The molecule has 0 saturated carbocycles. The van der Waals surface area contributed by atoms with Crippen LogP contribution in [0.1, 0.15) is 28.9 Å². The predicted molar refractivity (Wildman–Crippen MR) is 48.2 cm³/mol. The molecule has 0 aliphatic carbocycles. The summed E-state index contributed by atoms with van der Waals surface area (Å²) in [5.74, 6) is 0.0821. The first-order chi connectivity index (χ1) is 6.06. The number of hydrogen-bond donors (Lipinski definition) is 0. The van der Waals surface area contributed by atoms with Crippen molar-refractivity contribution < 1.29 is 8.78 Å². The van der Waals surface area contributed by atoms with Crippen LogP contribution in [0.15, 0.2) is 6.07 Å². The fraction of sp³-hybridized carbons (Fsp3) is 0.444. The number of nitrogens with zero attached hydrogens (tertiary/aromatic N) is 1. The van der Waals surface area contributed by atoms with E-state index in [9.17, 15) is 8.78 Å². The lowest BCUT2D eigenvalue weighted by Gasteiger charge is -2.09. The van der Waals surface area contributed by atoms with Crippen LogP contribution in [0.3, 0.4) is 0 Å². The first kappa shape index (κ1) is 10.4. The third-order valence-corrected chi connectivity index (χ3v) is 2.13. The summed E-state index contributed by atoms with van der Waals surface area (Å²) in [6.07, 6.45) is -2.48. The molecule has 1 heterocycles. The van der Waals surface area contributed by atoms with Gasteiger partial charge in [0.05, 0.1) is 0 Å². The molecule has 0 aromatic carbocycles. The SMILES string of the molecule is Cc1cc(C(F)F)c(CCl)c(C)n1. The number of rotatable bonds is 2. The van der Waals surface area contributed by atoms with E-state index in [1.54, 1.807) is 13.8 Å². The van der Waals surface area contributed by atoms with Crippen molar-refractivity contribution in [2.75, 3.05) is 0 Å². The highest BCUT2D eigenvalue weighted by molar-refractivity contribution is 6.17. The molecule has 1 rings (SSSR count). The summed E-state index contributed by atoms with van der Waals surface area (Å²) in [6, 6.07) is 1.38. The Morgan fingerprint density at radius 3 is 2.54 bits per heavy atom. The summed E-state index contributed by atoms with van der Waals surface area (Å²) < 4.78 is 25.0. The van der Waals surface area contributed by atoms with Crippen LogP contribution in [-0.4, -0.2) is 4.98 Å². The molecule has 0 aliphatic rings. The predicted octanol–water partition coefficient (Wildman–Crippen LogP) is 3.37. The lowest BCUT2D eigenvalue weighted by molar-refractivity contribution is 0.150. The summed E-state index contributed by atoms with van der Waals surface area (Å²) in [5, 5.41) is 0. The van der Waals surface area contributed by atoms with Crippen LogP contribution >= 0.6 is 11.6 Å². The van der Waals surface area contributed by atoms with Crippen LogP contribution in [0.5, 0.6) is 0 Å². The zero-order valence-electron chi connectivity index (χ0n) is 7.44. The van der Waals surface area contributed by atoms with Crippen molar-refractivity contribution in [1.82, 2.24) is 4.98 Å². The van der Waals surface area contributed by atoms with Gasteiger partial charge in [-0.25, -0.2) is 8.78 Å². The summed E-state index contributed by atoms with van der Waals surface area (Å²) in [7, 11) is 0. The Morgan fingerprint density at radius 1 is 1.46 bits per heavy atom. The Labute approximate surface area is 80.7 Å². The van der Waals surface area contributed by atoms with Gasteiger partial charge in [0.1, 0.15) is 0 Å². The monoisotopic (exact) mass is 205 g/mol. The van der Waals surface area contributed by atoms with Crippen LogP contribution in [0, 0.1) is 13.8 Å². The third-order valence-electron chi connectivity index (χ3n) is 1.86. The summed E-state index contributed by atoms with van der Waals surface area (Å²) in [4.78, 5) is 4.07. The number of aromatic nitrogens is 1. The molecule has 0 aliphatic heterocycles. The molecular formula is C9H10ClF2N. The molecule has 1 aromatic rings. The molecule has 0 fully saturated rings. The summed E-state index contributed by atoms with van der Waals surface area (Å²) in [5.41, 5.74) is 1.63. The van der Waals surface area contributed by atoms with Crippen LogP contribution in [0.2, 0.25) is 0 Å². The topological polar surface area (TPSA) is 12.9 Å². The maximum atomic E-state index is 12.5. The number of halogens is 3. The van der Waals surface area contributed by atoms with E-state index >= 15 is 0 Å². The van der Waals surface area contributed by atoms with Gasteiger partial charge in [-0.15, -0.1) is 11.6 Å². The number of aryl methyl sites for hydroxylation is 2. The Hall–Kier alpha value is -0.700. The largest absolute Gasteiger partial charge is 0.264 e. The average Bonchev–Trinajstić information content (AvgIpc) is 2.02. The molecule has 13 heavy (non-hydrogen) atoms. The lowest BCUT2D eigenvalue weighted by Crippen LogP contribution is -2.00. The van der Waals surface area contributed by atoms with Crippen molar-refractivity contribution in [1.29, 1.82) is 0 Å². The molecule has 0 saturated heterocycles. The van der Waals surface area contributed by atoms with Crippen molar-refractivity contribution in [3.8, 4) is 0 Å². The molecule has 4 heteroatoms. The van der Waals surface area contributed by atoms with E-state index in [0.717, 1.165) is 0 Å². The third kappa shape index (κ3) is 2.15. The molecule has 0 spiro atoms. The number of alkyl halides is 3. The second-order valence-electron chi connectivity index (χ2n) is 2.85. The molecular weight excluding hydrogens is 196 g/mol. The molecule has 0 atom stereocenters. The van der Waals surface area contributed by atoms with Gasteiger partial charge < -0.3 is 0 Å². The first-order valence-corrected chi connectivity index (χ1v) is 4.41. The normalized spacial score (nSPS) is 10.9. The molecule has 0 unspecified atom stereocenters. The maximum absolute atomic E-state index is 12.5. The van der Waals surface area contributed by atoms with Crippen molar-refractivity contribution in [3.63, 3.8) is 0 Å². The fourth-order valence-corrected chi connectivity index (χ4v) is 1.60. The molecule has 1 nitrogen and oxygen atoms in total. The standard InChI is InChI=1S/C9H10ClF2N/c1-5-3-7(9(11)12)8(4-10)6(2)13-5/h3,9H,4H2,1-2H3. The van der Waals surface area contributed by atoms with Crippen LogP contribution in [-0.2, 0) is 5.88 Å². The Bertz CT molecular complexity index is 313. The van der Waals surface area contributed by atoms with Gasteiger partial charge in [-0.05, 0) is 25.5 Å². The zero-order valence-corrected chi connectivity index (χ0v) is 8.20. The van der Waals surface area contributed by atoms with Gasteiger partial charge in [0.2, 0.25) is 0 Å². The minimum atomic E-state index is -2.48. The highest BCUT2D eigenvalue weighted by atomic mass is 35.5. The Kier molecular flexibility index (Phi) is 3.20. The minimum Gasteiger partial charge on any atom is -0.258 e. The van der Waals surface area contributed by atoms with E-state index in [1.165, 1.54) is 6.07 Å². The molecule has 0 bridgehead atoms. The number of hydrogen-bond acceptors (Lipinski definition) is 1. The molecule has 1 aromatic heterocycles. The van der Waals surface area contributed by atoms with Crippen molar-refractivity contribution >= 4 is 11.6 Å². The maximum Gasteiger partial charge on any atom is 0.264 e. The molecule has 72 valence electrons. The molecule has 0 amide bonds. The van der Waals surface area contributed by atoms with Gasteiger partial charge in [-0.3, -0.25) is 4.98 Å². The van der Waals surface area contributed by atoms with Crippen molar-refractivity contribution in [3.05, 3.63) is 28.6 Å². The second kappa shape index (κ2) is 4.01. The highest BCUT2D eigenvalue weighted by Crippen LogP contribution is 2.26. The van der Waals surface area contributed by atoms with Crippen LogP contribution < -0.4 is 0 Å². The van der Waals surface area contributed by atoms with Crippen LogP contribution in [0.25, 0.3) is 0 Å². The van der Waals surface area contributed by atoms with E-state index in [2.05, 4.69) is 4.98 Å². The van der Waals surface area contributed by atoms with E-state index in [-0.39, 0.29) is 11.4 Å². The highest BCUT2D eigenvalue weighted by Gasteiger charge is 2.15. The van der Waals surface area contributed by atoms with E-state index in [0.29, 0.717) is 17.0 Å². The Balaban J connectivity index is 3.29. The van der Waals surface area contributed by atoms with Gasteiger partial charge in [-0.1, -0.05) is 0 Å². The quantitative estimate of drug-likeness (QED) is 0.675. The van der Waals surface area contributed by atoms with Crippen molar-refractivity contribution in [2.45, 2.75) is 26.2 Å². The number of pyridine rings is 1. The average molecular weight is 206 g/mol.